The van der Waals surface area contributed by atoms with Crippen LogP contribution in [-0.4, -0.2) is 15.2 Å². The molecule has 0 radical (unpaired) electrons. The van der Waals surface area contributed by atoms with Crippen molar-refractivity contribution in [3.8, 4) is 11.3 Å². The molecule has 0 bridgehead atoms. The highest BCUT2D eigenvalue weighted by molar-refractivity contribution is 14.1. The van der Waals surface area contributed by atoms with Gasteiger partial charge < -0.3 is 5.73 Å². The predicted octanol–water partition coefficient (Wildman–Crippen LogP) is 1.80. The number of pyridine rings is 1. The maximum Gasteiger partial charge on any atom is 0.214 e. The highest BCUT2D eigenvalue weighted by Gasteiger charge is 2.08. The monoisotopic (exact) mass is 304 g/mol. The fourth-order valence-electron chi connectivity index (χ4n) is 1.11. The summed E-state index contributed by atoms with van der Waals surface area (Å²) >= 11 is 2.02. The number of nitrogen functional groups attached to an aromatic ring is 1. The van der Waals surface area contributed by atoms with Gasteiger partial charge in [-0.15, -0.1) is 0 Å². The maximum atomic E-state index is 13.0. The van der Waals surface area contributed by atoms with E-state index >= 15 is 0 Å². The van der Waals surface area contributed by atoms with Gasteiger partial charge in [0.15, 0.2) is 5.82 Å². The number of aromatic nitrogens is 3. The molecule has 6 heteroatoms. The van der Waals surface area contributed by atoms with Gasteiger partial charge in [0.2, 0.25) is 5.95 Å². The maximum absolute atomic E-state index is 13.0. The summed E-state index contributed by atoms with van der Waals surface area (Å²) < 4.78 is 13.7. The number of H-pyrrole nitrogens is 1. The minimum atomic E-state index is -0.521. The summed E-state index contributed by atoms with van der Waals surface area (Å²) in [6.07, 6.45) is 1.59. The Morgan fingerprint density at radius 1 is 1.43 bits per heavy atom. The molecule has 2 aromatic heterocycles. The molecule has 0 saturated heterocycles. The lowest BCUT2D eigenvalue weighted by atomic mass is 10.2. The summed E-state index contributed by atoms with van der Waals surface area (Å²) in [5.74, 6) is -0.202. The van der Waals surface area contributed by atoms with Crippen molar-refractivity contribution < 1.29 is 4.39 Å². The molecule has 0 aromatic carbocycles. The molecule has 2 heterocycles. The van der Waals surface area contributed by atoms with Crippen LogP contribution >= 0.6 is 22.6 Å². The molecule has 0 atom stereocenters. The fourth-order valence-corrected chi connectivity index (χ4v) is 1.66. The van der Waals surface area contributed by atoms with Gasteiger partial charge in [-0.25, -0.2) is 4.98 Å². The molecule has 0 fully saturated rings. The van der Waals surface area contributed by atoms with Crippen molar-refractivity contribution in [1.82, 2.24) is 15.2 Å². The van der Waals surface area contributed by atoms with E-state index in [1.54, 1.807) is 12.3 Å². The second kappa shape index (κ2) is 3.52. The summed E-state index contributed by atoms with van der Waals surface area (Å²) in [7, 11) is 0. The summed E-state index contributed by atoms with van der Waals surface area (Å²) in [6, 6.07) is 3.09. The molecule has 2 aromatic rings. The van der Waals surface area contributed by atoms with Gasteiger partial charge >= 0.3 is 0 Å². The van der Waals surface area contributed by atoms with Crippen LogP contribution < -0.4 is 5.73 Å². The van der Waals surface area contributed by atoms with Crippen molar-refractivity contribution >= 4 is 28.4 Å². The van der Waals surface area contributed by atoms with E-state index in [0.29, 0.717) is 17.1 Å². The zero-order valence-electron chi connectivity index (χ0n) is 6.96. The van der Waals surface area contributed by atoms with Crippen molar-refractivity contribution in [1.29, 1.82) is 0 Å². The average molecular weight is 304 g/mol. The van der Waals surface area contributed by atoms with Crippen molar-refractivity contribution in [2.45, 2.75) is 0 Å². The van der Waals surface area contributed by atoms with Gasteiger partial charge in [0.05, 0.1) is 11.3 Å². The predicted molar refractivity (Wildman–Crippen MR) is 58.9 cm³/mol. The quantitative estimate of drug-likeness (QED) is 0.623. The molecule has 0 aliphatic heterocycles. The van der Waals surface area contributed by atoms with Crippen molar-refractivity contribution in [3.05, 3.63) is 27.8 Å². The Balaban J connectivity index is 2.57. The second-order valence-corrected chi connectivity index (χ2v) is 3.92. The first kappa shape index (κ1) is 9.38. The molecule has 2 rings (SSSR count). The van der Waals surface area contributed by atoms with E-state index in [0.717, 1.165) is 3.57 Å². The average Bonchev–Trinajstić information content (AvgIpc) is 2.49. The van der Waals surface area contributed by atoms with E-state index < -0.39 is 5.95 Å². The Bertz CT molecular complexity index is 448. The summed E-state index contributed by atoms with van der Waals surface area (Å²) in [6.45, 7) is 0. The van der Waals surface area contributed by atoms with Gasteiger partial charge in [-0.3, -0.25) is 5.10 Å². The normalized spacial score (nSPS) is 10.4. The lowest BCUT2D eigenvalue weighted by Crippen LogP contribution is -1.92. The Kier molecular flexibility index (Phi) is 2.36. The van der Waals surface area contributed by atoms with Gasteiger partial charge in [0.25, 0.3) is 0 Å². The Labute approximate surface area is 92.9 Å². The minimum Gasteiger partial charge on any atom is -0.382 e. The number of nitrogens with zero attached hydrogens (tertiary/aromatic N) is 2. The van der Waals surface area contributed by atoms with Crippen LogP contribution in [0.15, 0.2) is 18.3 Å². The Hall–Kier alpha value is -1.18. The molecule has 0 aliphatic carbocycles. The van der Waals surface area contributed by atoms with Gasteiger partial charge in [0, 0.05) is 15.8 Å². The molecule has 4 nitrogen and oxygen atoms in total. The summed E-state index contributed by atoms with van der Waals surface area (Å²) in [4.78, 5) is 3.73. The largest absolute Gasteiger partial charge is 0.382 e. The van der Waals surface area contributed by atoms with E-state index in [4.69, 9.17) is 5.73 Å². The number of halogens is 2. The SMILES string of the molecule is Nc1n[nH]cc1-c1cc(I)cc(F)n1. The van der Waals surface area contributed by atoms with Crippen LogP contribution in [0.1, 0.15) is 0 Å². The lowest BCUT2D eigenvalue weighted by Gasteiger charge is -1.99. The number of hydrogen-bond acceptors (Lipinski definition) is 3. The summed E-state index contributed by atoms with van der Waals surface area (Å²) in [5, 5.41) is 6.34. The fraction of sp³-hybridized carbons (Fsp3) is 0. The molecule has 0 unspecified atom stereocenters. The second-order valence-electron chi connectivity index (χ2n) is 2.68. The van der Waals surface area contributed by atoms with Crippen molar-refractivity contribution in [2.24, 2.45) is 0 Å². The molecule has 14 heavy (non-hydrogen) atoms. The number of anilines is 1. The molecule has 0 amide bonds. The third kappa shape index (κ3) is 1.69. The number of nitrogens with one attached hydrogen (secondary N) is 1. The van der Waals surface area contributed by atoms with Gasteiger partial charge in [-0.05, 0) is 28.7 Å². The van der Waals surface area contributed by atoms with Crippen LogP contribution in [0, 0.1) is 9.52 Å². The number of nitrogens with two attached hydrogens (primary N) is 1. The zero-order chi connectivity index (χ0) is 10.1. The van der Waals surface area contributed by atoms with Gasteiger partial charge in [-0.1, -0.05) is 0 Å². The van der Waals surface area contributed by atoms with Crippen molar-refractivity contribution in [3.63, 3.8) is 0 Å². The molecule has 0 spiro atoms. The van der Waals surface area contributed by atoms with Crippen LogP contribution in [0.3, 0.4) is 0 Å². The third-order valence-electron chi connectivity index (χ3n) is 1.70. The van der Waals surface area contributed by atoms with Crippen LogP contribution in [0.25, 0.3) is 11.3 Å². The van der Waals surface area contributed by atoms with Crippen molar-refractivity contribution in [2.75, 3.05) is 5.73 Å². The zero-order valence-corrected chi connectivity index (χ0v) is 9.12. The topological polar surface area (TPSA) is 67.6 Å². The number of rotatable bonds is 1. The van der Waals surface area contributed by atoms with Gasteiger partial charge in [-0.2, -0.15) is 9.49 Å². The van der Waals surface area contributed by atoms with E-state index in [-0.39, 0.29) is 0 Å². The third-order valence-corrected chi connectivity index (χ3v) is 2.33. The molecule has 0 saturated carbocycles. The summed E-state index contributed by atoms with van der Waals surface area (Å²) in [5.41, 5.74) is 6.67. The first-order valence-corrected chi connectivity index (χ1v) is 4.87. The molecule has 72 valence electrons. The molecule has 0 aliphatic rings. The van der Waals surface area contributed by atoms with E-state index in [2.05, 4.69) is 15.2 Å². The van der Waals surface area contributed by atoms with Crippen LogP contribution in [0.2, 0.25) is 0 Å². The number of aromatic amines is 1. The van der Waals surface area contributed by atoms with Crippen LogP contribution in [-0.2, 0) is 0 Å². The molecule has 3 N–H and O–H groups in total. The first-order chi connectivity index (χ1) is 6.66. The Morgan fingerprint density at radius 3 is 2.79 bits per heavy atom. The number of hydrogen-bond donors (Lipinski definition) is 2. The Morgan fingerprint density at radius 2 is 2.21 bits per heavy atom. The highest BCUT2D eigenvalue weighted by atomic mass is 127. The molecular formula is C8H6FIN4. The standard InChI is InChI=1S/C8H6FIN4/c9-7-2-4(10)1-6(13-7)5-3-12-14-8(5)11/h1-3H,(H3,11,12,14). The molecular weight excluding hydrogens is 298 g/mol. The van der Waals surface area contributed by atoms with Crippen LogP contribution in [0.5, 0.6) is 0 Å². The lowest BCUT2D eigenvalue weighted by molar-refractivity contribution is 0.584. The van der Waals surface area contributed by atoms with Crippen LogP contribution in [0.4, 0.5) is 10.2 Å². The smallest absolute Gasteiger partial charge is 0.214 e. The van der Waals surface area contributed by atoms with E-state index in [1.165, 1.54) is 6.07 Å². The first-order valence-electron chi connectivity index (χ1n) is 3.79. The van der Waals surface area contributed by atoms with Gasteiger partial charge in [0.1, 0.15) is 0 Å². The minimum absolute atomic E-state index is 0.318. The van der Waals surface area contributed by atoms with E-state index in [9.17, 15) is 4.39 Å². The highest BCUT2D eigenvalue weighted by Crippen LogP contribution is 2.23. The van der Waals surface area contributed by atoms with E-state index in [1.807, 2.05) is 22.6 Å².